The van der Waals surface area contributed by atoms with E-state index >= 15 is 0 Å². The van der Waals surface area contributed by atoms with Gasteiger partial charge in [-0.2, -0.15) is 0 Å². The van der Waals surface area contributed by atoms with E-state index in [0.717, 1.165) is 12.0 Å². The molecule has 2 aromatic carbocycles. The van der Waals surface area contributed by atoms with Gasteiger partial charge in [0.1, 0.15) is 0 Å². The van der Waals surface area contributed by atoms with E-state index in [2.05, 4.69) is 10.6 Å². The number of benzene rings is 2. The molecule has 5 heteroatoms. The normalized spacial score (nSPS) is 11.6. The number of rotatable bonds is 7. The zero-order chi connectivity index (χ0) is 18.2. The number of amides is 2. The lowest BCUT2D eigenvalue weighted by Crippen LogP contribution is -2.32. The lowest BCUT2D eigenvalue weighted by molar-refractivity contribution is -0.121. The molecule has 0 heterocycles. The van der Waals surface area contributed by atoms with E-state index in [1.165, 1.54) is 5.56 Å². The number of carbonyl (C=O) groups excluding carboxylic acids is 2. The summed E-state index contributed by atoms with van der Waals surface area (Å²) in [6, 6.07) is 14.8. The van der Waals surface area contributed by atoms with Crippen LogP contribution in [0.2, 0.25) is 5.02 Å². The molecule has 0 saturated carbocycles. The van der Waals surface area contributed by atoms with Gasteiger partial charge in [0.05, 0.1) is 6.04 Å². The molecule has 4 nitrogen and oxygen atoms in total. The van der Waals surface area contributed by atoms with Crippen molar-refractivity contribution in [2.45, 2.75) is 32.7 Å². The van der Waals surface area contributed by atoms with Crippen LogP contribution in [0.4, 0.5) is 0 Å². The standard InChI is InChI=1S/C20H23ClN2O2/c1-3-18(15-6-4-14(2)5-7-15)23-19(24)12-13-22-20(25)16-8-10-17(21)11-9-16/h4-11,18H,3,12-13H2,1-2H3,(H,22,25)(H,23,24)/t18-/m1/s1. The third-order valence-corrected chi connectivity index (χ3v) is 4.22. The molecule has 0 aromatic heterocycles. The Morgan fingerprint density at radius 3 is 2.28 bits per heavy atom. The summed E-state index contributed by atoms with van der Waals surface area (Å²) in [5, 5.41) is 6.34. The van der Waals surface area contributed by atoms with Gasteiger partial charge in [-0.25, -0.2) is 0 Å². The first-order valence-electron chi connectivity index (χ1n) is 8.39. The zero-order valence-corrected chi connectivity index (χ0v) is 15.3. The molecule has 0 fully saturated rings. The monoisotopic (exact) mass is 358 g/mol. The number of hydrogen-bond acceptors (Lipinski definition) is 2. The second-order valence-electron chi connectivity index (χ2n) is 5.95. The highest BCUT2D eigenvalue weighted by molar-refractivity contribution is 6.30. The average molecular weight is 359 g/mol. The van der Waals surface area contributed by atoms with Gasteiger partial charge < -0.3 is 10.6 Å². The maximum atomic E-state index is 12.1. The molecule has 25 heavy (non-hydrogen) atoms. The number of carbonyl (C=O) groups is 2. The summed E-state index contributed by atoms with van der Waals surface area (Å²) < 4.78 is 0. The Bertz CT molecular complexity index is 711. The van der Waals surface area contributed by atoms with Crippen molar-refractivity contribution in [2.24, 2.45) is 0 Å². The molecule has 0 bridgehead atoms. The summed E-state index contributed by atoms with van der Waals surface area (Å²) in [6.45, 7) is 4.36. The first-order valence-corrected chi connectivity index (χ1v) is 8.77. The highest BCUT2D eigenvalue weighted by Crippen LogP contribution is 2.17. The Labute approximate surface area is 153 Å². The fourth-order valence-corrected chi connectivity index (χ4v) is 2.61. The van der Waals surface area contributed by atoms with Gasteiger partial charge in [-0.05, 0) is 43.2 Å². The molecule has 0 aliphatic carbocycles. The molecule has 0 aliphatic heterocycles. The van der Waals surface area contributed by atoms with Gasteiger partial charge in [-0.3, -0.25) is 9.59 Å². The lowest BCUT2D eigenvalue weighted by Gasteiger charge is -2.18. The molecular formula is C20H23ClN2O2. The molecular weight excluding hydrogens is 336 g/mol. The molecule has 2 rings (SSSR count). The fourth-order valence-electron chi connectivity index (χ4n) is 2.48. The Kier molecular flexibility index (Phi) is 7.02. The minimum absolute atomic E-state index is 0.0138. The van der Waals surface area contributed by atoms with Gasteiger partial charge in [-0.1, -0.05) is 48.4 Å². The summed E-state index contributed by atoms with van der Waals surface area (Å²) in [4.78, 5) is 24.1. The first kappa shape index (κ1) is 19.0. The predicted octanol–water partition coefficient (Wildman–Crippen LogP) is 4.04. The summed E-state index contributed by atoms with van der Waals surface area (Å²) in [5.41, 5.74) is 2.80. The molecule has 0 saturated heterocycles. The van der Waals surface area contributed by atoms with Crippen molar-refractivity contribution in [2.75, 3.05) is 6.54 Å². The average Bonchev–Trinajstić information content (AvgIpc) is 2.61. The van der Waals surface area contributed by atoms with Crippen molar-refractivity contribution < 1.29 is 9.59 Å². The van der Waals surface area contributed by atoms with Crippen LogP contribution in [0.15, 0.2) is 48.5 Å². The molecule has 1 atom stereocenters. The smallest absolute Gasteiger partial charge is 0.251 e. The van der Waals surface area contributed by atoms with Crippen LogP contribution in [0.25, 0.3) is 0 Å². The maximum absolute atomic E-state index is 12.1. The Balaban J connectivity index is 1.80. The molecule has 2 N–H and O–H groups in total. The van der Waals surface area contributed by atoms with Crippen LogP contribution < -0.4 is 10.6 Å². The van der Waals surface area contributed by atoms with Gasteiger partial charge >= 0.3 is 0 Å². The molecule has 132 valence electrons. The number of hydrogen-bond donors (Lipinski definition) is 2. The van der Waals surface area contributed by atoms with E-state index in [9.17, 15) is 9.59 Å². The number of aryl methyl sites for hydroxylation is 1. The quantitative estimate of drug-likeness (QED) is 0.784. The van der Waals surface area contributed by atoms with Crippen LogP contribution >= 0.6 is 11.6 Å². The van der Waals surface area contributed by atoms with Crippen molar-refractivity contribution in [1.82, 2.24) is 10.6 Å². The van der Waals surface area contributed by atoms with Crippen LogP contribution in [0.3, 0.4) is 0 Å². The van der Waals surface area contributed by atoms with Gasteiger partial charge in [0.15, 0.2) is 0 Å². The topological polar surface area (TPSA) is 58.2 Å². The van der Waals surface area contributed by atoms with Crippen molar-refractivity contribution in [3.05, 3.63) is 70.2 Å². The summed E-state index contributed by atoms with van der Waals surface area (Å²) in [6.07, 6.45) is 1.05. The van der Waals surface area contributed by atoms with E-state index in [1.807, 2.05) is 38.1 Å². The van der Waals surface area contributed by atoms with Crippen LogP contribution in [-0.2, 0) is 4.79 Å². The summed E-state index contributed by atoms with van der Waals surface area (Å²) >= 11 is 5.80. The van der Waals surface area contributed by atoms with Crippen LogP contribution in [0.1, 0.15) is 47.3 Å². The fraction of sp³-hybridized carbons (Fsp3) is 0.300. The third-order valence-electron chi connectivity index (χ3n) is 3.97. The Hall–Kier alpha value is -2.33. The first-order chi connectivity index (χ1) is 12.0. The Morgan fingerprint density at radius 2 is 1.68 bits per heavy atom. The van der Waals surface area contributed by atoms with Crippen LogP contribution in [-0.4, -0.2) is 18.4 Å². The number of nitrogens with one attached hydrogen (secondary N) is 2. The Morgan fingerprint density at radius 1 is 1.04 bits per heavy atom. The molecule has 2 aromatic rings. The van der Waals surface area contributed by atoms with Gasteiger partial charge in [0.25, 0.3) is 5.91 Å². The van der Waals surface area contributed by atoms with Crippen molar-refractivity contribution >= 4 is 23.4 Å². The van der Waals surface area contributed by atoms with E-state index in [1.54, 1.807) is 24.3 Å². The maximum Gasteiger partial charge on any atom is 0.251 e. The van der Waals surface area contributed by atoms with E-state index in [0.29, 0.717) is 10.6 Å². The van der Waals surface area contributed by atoms with Crippen molar-refractivity contribution in [1.29, 1.82) is 0 Å². The lowest BCUT2D eigenvalue weighted by atomic mass is 10.0. The van der Waals surface area contributed by atoms with Crippen molar-refractivity contribution in [3.8, 4) is 0 Å². The predicted molar refractivity (Wildman–Crippen MR) is 101 cm³/mol. The molecule has 2 amide bonds. The van der Waals surface area contributed by atoms with Crippen LogP contribution in [0.5, 0.6) is 0 Å². The second kappa shape index (κ2) is 9.23. The molecule has 0 unspecified atom stereocenters. The SMILES string of the molecule is CC[C@@H](NC(=O)CCNC(=O)c1ccc(Cl)cc1)c1ccc(C)cc1. The molecule has 0 radical (unpaired) electrons. The van der Waals surface area contributed by atoms with E-state index < -0.39 is 0 Å². The van der Waals surface area contributed by atoms with Gasteiger partial charge in [0.2, 0.25) is 5.91 Å². The summed E-state index contributed by atoms with van der Waals surface area (Å²) in [7, 11) is 0. The van der Waals surface area contributed by atoms with Gasteiger partial charge in [0, 0.05) is 23.6 Å². The zero-order valence-electron chi connectivity index (χ0n) is 14.5. The highest BCUT2D eigenvalue weighted by atomic mass is 35.5. The van der Waals surface area contributed by atoms with E-state index in [-0.39, 0.29) is 30.8 Å². The summed E-state index contributed by atoms with van der Waals surface area (Å²) in [5.74, 6) is -0.293. The number of halogens is 1. The minimum atomic E-state index is -0.213. The molecule has 0 aliphatic rings. The third kappa shape index (κ3) is 5.91. The highest BCUT2D eigenvalue weighted by Gasteiger charge is 2.13. The van der Waals surface area contributed by atoms with Crippen molar-refractivity contribution in [3.63, 3.8) is 0 Å². The van der Waals surface area contributed by atoms with Gasteiger partial charge in [-0.15, -0.1) is 0 Å². The largest absolute Gasteiger partial charge is 0.352 e. The van der Waals surface area contributed by atoms with Crippen LogP contribution in [0, 0.1) is 6.92 Å². The minimum Gasteiger partial charge on any atom is -0.352 e. The van der Waals surface area contributed by atoms with E-state index in [4.69, 9.17) is 11.6 Å². The molecule has 0 spiro atoms. The second-order valence-corrected chi connectivity index (χ2v) is 6.39.